The van der Waals surface area contributed by atoms with Crippen LogP contribution >= 0.6 is 0 Å². The number of rotatable bonds is 7. The fourth-order valence-electron chi connectivity index (χ4n) is 4.72. The molecular formula is C28H32N4O5. The fourth-order valence-corrected chi connectivity index (χ4v) is 4.72. The molecule has 4 rings (SSSR count). The Morgan fingerprint density at radius 1 is 1.19 bits per heavy atom. The van der Waals surface area contributed by atoms with E-state index >= 15 is 0 Å². The van der Waals surface area contributed by atoms with E-state index in [1.165, 1.54) is 6.07 Å². The summed E-state index contributed by atoms with van der Waals surface area (Å²) in [4.78, 5) is 14.9. The lowest BCUT2D eigenvalue weighted by Gasteiger charge is -2.33. The van der Waals surface area contributed by atoms with Crippen molar-refractivity contribution in [2.24, 2.45) is 0 Å². The number of aromatic hydroxyl groups is 2. The molecule has 37 heavy (non-hydrogen) atoms. The molecule has 0 saturated carbocycles. The van der Waals surface area contributed by atoms with Gasteiger partial charge < -0.3 is 25.2 Å². The summed E-state index contributed by atoms with van der Waals surface area (Å²) in [6.07, 6.45) is 0.931. The Morgan fingerprint density at radius 3 is 2.46 bits per heavy atom. The maximum atomic E-state index is 12.8. The molecular weight excluding hydrogens is 472 g/mol. The first-order chi connectivity index (χ1) is 17.7. The van der Waals surface area contributed by atoms with E-state index in [9.17, 15) is 25.4 Å². The third kappa shape index (κ3) is 5.31. The summed E-state index contributed by atoms with van der Waals surface area (Å²) in [6, 6.07) is 12.1. The molecule has 1 aliphatic heterocycles. The number of nitrogens with one attached hydrogen (secondary N) is 1. The lowest BCUT2D eigenvalue weighted by atomic mass is 9.93. The van der Waals surface area contributed by atoms with Crippen LogP contribution in [0.1, 0.15) is 67.2 Å². The number of amides is 1. The number of piperidine rings is 1. The molecule has 0 bridgehead atoms. The van der Waals surface area contributed by atoms with Gasteiger partial charge in [-0.15, -0.1) is 0 Å². The number of hydrogen-bond donors (Lipinski definition) is 4. The van der Waals surface area contributed by atoms with Gasteiger partial charge in [-0.05, 0) is 48.4 Å². The number of phenols is 2. The fraction of sp³-hybridized carbons (Fsp3) is 0.393. The molecule has 3 aromatic rings. The summed E-state index contributed by atoms with van der Waals surface area (Å²) in [7, 11) is 0. The van der Waals surface area contributed by atoms with Crippen LogP contribution in [0.25, 0.3) is 22.5 Å². The number of phenolic OH excluding ortho intramolecular Hbond substituents is 2. The number of aromatic nitrogens is 1. The van der Waals surface area contributed by atoms with Crippen molar-refractivity contribution in [2.75, 3.05) is 19.6 Å². The highest BCUT2D eigenvalue weighted by molar-refractivity contribution is 6.02. The van der Waals surface area contributed by atoms with Crippen molar-refractivity contribution in [3.05, 3.63) is 53.2 Å². The Kier molecular flexibility index (Phi) is 7.81. The highest BCUT2D eigenvalue weighted by Crippen LogP contribution is 2.43. The number of aliphatic hydroxyl groups is 1. The topological polar surface area (TPSA) is 143 Å². The Bertz CT molecular complexity index is 1300. The summed E-state index contributed by atoms with van der Waals surface area (Å²) in [5, 5.41) is 47.4. The van der Waals surface area contributed by atoms with E-state index in [0.717, 1.165) is 5.56 Å². The summed E-state index contributed by atoms with van der Waals surface area (Å²) >= 11 is 0. The molecule has 1 saturated heterocycles. The smallest absolute Gasteiger partial charge is 0.274 e. The van der Waals surface area contributed by atoms with Gasteiger partial charge in [-0.25, -0.2) is 0 Å². The second-order valence-electron chi connectivity index (χ2n) is 9.60. The minimum absolute atomic E-state index is 0.0216. The van der Waals surface area contributed by atoms with E-state index in [1.807, 2.05) is 26.0 Å². The number of benzene rings is 2. The lowest BCUT2D eigenvalue weighted by Crippen LogP contribution is -2.38. The molecule has 4 N–H and O–H groups in total. The van der Waals surface area contributed by atoms with E-state index in [1.54, 1.807) is 25.1 Å². The van der Waals surface area contributed by atoms with Gasteiger partial charge in [-0.3, -0.25) is 9.69 Å². The van der Waals surface area contributed by atoms with Crippen LogP contribution in [0, 0.1) is 11.3 Å². The number of aliphatic hydroxyl groups excluding tert-OH is 1. The molecule has 9 nitrogen and oxygen atoms in total. The quantitative estimate of drug-likeness (QED) is 0.373. The minimum atomic E-state index is -0.457. The van der Waals surface area contributed by atoms with Gasteiger partial charge in [0.15, 0.2) is 11.5 Å². The van der Waals surface area contributed by atoms with Crippen molar-refractivity contribution in [2.45, 2.75) is 51.7 Å². The van der Waals surface area contributed by atoms with Gasteiger partial charge in [0.1, 0.15) is 17.5 Å². The van der Waals surface area contributed by atoms with Gasteiger partial charge in [-0.1, -0.05) is 43.3 Å². The van der Waals surface area contributed by atoms with Crippen molar-refractivity contribution in [1.29, 1.82) is 5.26 Å². The molecule has 194 valence electrons. The van der Waals surface area contributed by atoms with Crippen LogP contribution < -0.4 is 5.32 Å². The number of carbonyl (C=O) groups is 1. The van der Waals surface area contributed by atoms with E-state index in [4.69, 9.17) is 4.52 Å². The normalized spacial score (nSPS) is 15.5. The van der Waals surface area contributed by atoms with Crippen molar-refractivity contribution in [1.82, 2.24) is 15.4 Å². The third-order valence-corrected chi connectivity index (χ3v) is 6.76. The molecule has 1 aliphatic rings. The number of carbonyl (C=O) groups excluding carboxylic acids is 1. The molecule has 1 unspecified atom stereocenters. The van der Waals surface area contributed by atoms with Crippen LogP contribution in [0.3, 0.4) is 0 Å². The molecule has 0 radical (unpaired) electrons. The van der Waals surface area contributed by atoms with Gasteiger partial charge in [0.2, 0.25) is 0 Å². The van der Waals surface area contributed by atoms with Crippen LogP contribution in [0.15, 0.2) is 40.9 Å². The molecule has 2 heterocycles. The average Bonchev–Trinajstić information content (AvgIpc) is 3.31. The number of nitrogens with zero attached hydrogens (tertiary/aromatic N) is 3. The van der Waals surface area contributed by atoms with Gasteiger partial charge in [0.05, 0.1) is 23.3 Å². The molecule has 0 aliphatic carbocycles. The van der Waals surface area contributed by atoms with Crippen molar-refractivity contribution >= 4 is 5.91 Å². The van der Waals surface area contributed by atoms with Gasteiger partial charge in [0.25, 0.3) is 5.91 Å². The van der Waals surface area contributed by atoms with Crippen LogP contribution in [0.2, 0.25) is 0 Å². The second-order valence-corrected chi connectivity index (χ2v) is 9.60. The summed E-state index contributed by atoms with van der Waals surface area (Å²) in [5.41, 5.74) is 2.84. The number of nitriles is 1. The first-order valence-corrected chi connectivity index (χ1v) is 12.5. The maximum Gasteiger partial charge on any atom is 0.274 e. The van der Waals surface area contributed by atoms with Gasteiger partial charge in [0, 0.05) is 25.7 Å². The molecule has 2 aromatic carbocycles. The summed E-state index contributed by atoms with van der Waals surface area (Å²) < 4.78 is 5.63. The summed E-state index contributed by atoms with van der Waals surface area (Å²) in [6.45, 7) is 7.31. The Labute approximate surface area is 215 Å². The highest BCUT2D eigenvalue weighted by atomic mass is 16.5. The zero-order chi connectivity index (χ0) is 26.7. The predicted octanol–water partition coefficient (Wildman–Crippen LogP) is 4.31. The highest BCUT2D eigenvalue weighted by Gasteiger charge is 2.28. The molecule has 9 heteroatoms. The van der Waals surface area contributed by atoms with E-state index in [2.05, 4.69) is 21.4 Å². The van der Waals surface area contributed by atoms with E-state index < -0.39 is 11.9 Å². The Hall–Kier alpha value is -3.87. The van der Waals surface area contributed by atoms with Crippen LogP contribution in [0.5, 0.6) is 11.5 Å². The second kappa shape index (κ2) is 11.0. The van der Waals surface area contributed by atoms with E-state index in [0.29, 0.717) is 54.7 Å². The van der Waals surface area contributed by atoms with Crippen LogP contribution in [0.4, 0.5) is 0 Å². The van der Waals surface area contributed by atoms with Crippen molar-refractivity contribution in [3.8, 4) is 40.0 Å². The molecule has 0 spiro atoms. The number of hydrogen-bond acceptors (Lipinski definition) is 8. The van der Waals surface area contributed by atoms with Crippen molar-refractivity contribution < 1.29 is 24.6 Å². The zero-order valence-electron chi connectivity index (χ0n) is 21.2. The lowest BCUT2D eigenvalue weighted by molar-refractivity contribution is 0.0716. The first kappa shape index (κ1) is 26.2. The van der Waals surface area contributed by atoms with Crippen molar-refractivity contribution in [3.63, 3.8) is 0 Å². The van der Waals surface area contributed by atoms with Gasteiger partial charge in [-0.2, -0.15) is 5.26 Å². The van der Waals surface area contributed by atoms with E-state index in [-0.39, 0.29) is 35.0 Å². The molecule has 1 fully saturated rings. The molecule has 1 aromatic heterocycles. The SMILES string of the molecule is CCNC(=O)c1noc(-c2cc(C(C)C)c(O)cc2O)c1-c1ccc(C(C#N)N2CCC(O)CC2)cc1. The van der Waals surface area contributed by atoms with Crippen LogP contribution in [-0.4, -0.2) is 57.0 Å². The molecule has 1 atom stereocenters. The van der Waals surface area contributed by atoms with Crippen LogP contribution in [-0.2, 0) is 0 Å². The molecule has 1 amide bonds. The maximum absolute atomic E-state index is 12.8. The predicted molar refractivity (Wildman–Crippen MR) is 138 cm³/mol. The largest absolute Gasteiger partial charge is 0.508 e. The van der Waals surface area contributed by atoms with Gasteiger partial charge >= 0.3 is 0 Å². The Balaban J connectivity index is 1.78. The number of likely N-dealkylation sites (tertiary alicyclic amines) is 1. The minimum Gasteiger partial charge on any atom is -0.508 e. The zero-order valence-corrected chi connectivity index (χ0v) is 21.2. The summed E-state index contributed by atoms with van der Waals surface area (Å²) in [5.74, 6) is -0.462. The third-order valence-electron chi connectivity index (χ3n) is 6.76. The standard InChI is InChI=1S/C28H32N4O5/c1-4-30-28(36)26-25(27(37-31-26)21-13-20(16(2)3)23(34)14-24(21)35)18-7-5-17(6-8-18)22(15-29)32-11-9-19(33)10-12-32/h5-8,13-14,16,19,22,33-35H,4,9-12H2,1-3H3,(H,30,36). The monoisotopic (exact) mass is 504 g/mol. The Morgan fingerprint density at radius 2 is 1.86 bits per heavy atom. The average molecular weight is 505 g/mol. The first-order valence-electron chi connectivity index (χ1n) is 12.5.